The first-order valence-corrected chi connectivity index (χ1v) is 0. The van der Waals surface area contributed by atoms with Crippen LogP contribution in [0.5, 0.6) is 0 Å². The first kappa shape index (κ1) is 45.9. The molecule has 0 nitrogen and oxygen atoms in total. The van der Waals surface area contributed by atoms with Gasteiger partial charge < -0.3 is 0 Å². The molecule has 0 aliphatic rings. The molecule has 0 N–H and O–H groups in total. The van der Waals surface area contributed by atoms with Gasteiger partial charge in [0, 0.05) is 73.0 Å². The van der Waals surface area contributed by atoms with E-state index in [2.05, 4.69) is 0 Å². The molecule has 0 aliphatic heterocycles. The molecule has 2 radical (unpaired) electrons. The van der Waals surface area contributed by atoms with Crippen molar-refractivity contribution in [2.75, 3.05) is 0 Å². The van der Waals surface area contributed by atoms with Crippen LogP contribution in [0.25, 0.3) is 0 Å². The van der Waals surface area contributed by atoms with E-state index in [0.29, 0.717) is 0 Å². The van der Waals surface area contributed by atoms with E-state index in [1.165, 1.54) is 0 Å². The molecular weight excluding hydrogens is 313 g/mol. The molecule has 0 bridgehead atoms. The van der Waals surface area contributed by atoms with Crippen LogP contribution < -0.4 is 0 Å². The van der Waals surface area contributed by atoms with E-state index in [4.69, 9.17) is 0 Å². The van der Waals surface area contributed by atoms with Crippen LogP contribution in [0.3, 0.4) is 0 Å². The second-order valence-electron chi connectivity index (χ2n) is 0. The molecule has 0 aromatic rings. The Kier molecular flexibility index (Phi) is 268. The molecule has 0 unspecified atom stereocenters. The quantitative estimate of drug-likeness (QED) is 0.493. The molecule has 5 heavy (non-hydrogen) atoms. The van der Waals surface area contributed by atoms with Crippen LogP contribution in [0.2, 0.25) is 0 Å². The maximum absolute atomic E-state index is 0. The molecule has 0 spiro atoms. The zero-order chi connectivity index (χ0) is 0. The second-order valence-corrected chi connectivity index (χ2v) is 0. The van der Waals surface area contributed by atoms with Crippen molar-refractivity contribution in [3.8, 4) is 0 Å². The van der Waals surface area contributed by atoms with Crippen molar-refractivity contribution in [1.29, 1.82) is 0 Å². The van der Waals surface area contributed by atoms with Gasteiger partial charge in [0.05, 0.1) is 0 Å². The minimum Gasteiger partial charge on any atom is 0 e. The van der Waals surface area contributed by atoms with E-state index >= 15 is 0 Å². The summed E-state index contributed by atoms with van der Waals surface area (Å²) in [5.41, 5.74) is 0. The Bertz CT molecular complexity index is 11.6. The van der Waals surface area contributed by atoms with Gasteiger partial charge in [-0.25, -0.2) is 0 Å². The Morgan fingerprint density at radius 2 is 1.00 bits per heavy atom. The smallest absolute Gasteiger partial charge is 0 e. The molecule has 0 rings (SSSR count). The average molecular weight is 316 g/mol. The van der Waals surface area contributed by atoms with Crippen LogP contribution in [-0.2, 0) is 73.0 Å². The zero-order valence-corrected chi connectivity index (χ0v) is 5.79. The Morgan fingerprint density at radius 3 is 1.00 bits per heavy atom. The Morgan fingerprint density at radius 1 is 1.00 bits per heavy atom. The predicted octanol–water partition coefficient (Wildman–Crippen LogP) is -1.19. The van der Waals surface area contributed by atoms with E-state index in [-0.39, 0.29) is 90.4 Å². The summed E-state index contributed by atoms with van der Waals surface area (Å²) in [5.74, 6) is 0. The summed E-state index contributed by atoms with van der Waals surface area (Å²) in [5, 5.41) is 0. The van der Waals surface area contributed by atoms with Crippen molar-refractivity contribution in [3.05, 3.63) is 0 Å². The molecule has 0 aliphatic carbocycles. The van der Waals surface area contributed by atoms with E-state index in [9.17, 15) is 0 Å². The molecule has 0 saturated carbocycles. The summed E-state index contributed by atoms with van der Waals surface area (Å²) in [7, 11) is 0. The van der Waals surface area contributed by atoms with Crippen LogP contribution in [0.4, 0.5) is 0 Å². The van der Waals surface area contributed by atoms with Crippen molar-refractivity contribution in [2.45, 2.75) is 0 Å². The number of rotatable bonds is 0. The van der Waals surface area contributed by atoms with Crippen LogP contribution in [0.15, 0.2) is 0 Å². The van der Waals surface area contributed by atoms with Crippen molar-refractivity contribution in [2.24, 2.45) is 0 Å². The fourth-order valence-corrected chi connectivity index (χ4v) is 0. The molecule has 0 fully saturated rings. The maximum Gasteiger partial charge on any atom is 0.187 e. The van der Waals surface area contributed by atoms with Crippen molar-refractivity contribution < 1.29 is 73.0 Å². The third kappa shape index (κ3) is 20.0. The van der Waals surface area contributed by atoms with E-state index < -0.39 is 0 Å². The molecule has 46 valence electrons. The maximum atomic E-state index is 0. The van der Waals surface area contributed by atoms with Crippen molar-refractivity contribution >= 4 is 17.4 Å². The van der Waals surface area contributed by atoms with Crippen LogP contribution in [-0.4, -0.2) is 17.4 Å². The SMILES string of the molecule is [Ag].[AlH3].[Cu].[Fe].[Ni]. The molecule has 0 aromatic heterocycles. The van der Waals surface area contributed by atoms with E-state index in [1.807, 2.05) is 0 Å². The normalized spacial score (nSPS) is 0. The molecular formula is H3AgAlCuFeNi. The zero-order valence-electron chi connectivity index (χ0n) is 1.27. The van der Waals surface area contributed by atoms with E-state index in [0.717, 1.165) is 0 Å². The summed E-state index contributed by atoms with van der Waals surface area (Å²) < 4.78 is 0. The third-order valence-electron chi connectivity index (χ3n) is 0. The third-order valence-corrected chi connectivity index (χ3v) is 0. The molecule has 0 atom stereocenters. The van der Waals surface area contributed by atoms with Gasteiger partial charge in [0.2, 0.25) is 0 Å². The van der Waals surface area contributed by atoms with Gasteiger partial charge in [-0.2, -0.15) is 0 Å². The van der Waals surface area contributed by atoms with Crippen molar-refractivity contribution in [3.63, 3.8) is 0 Å². The van der Waals surface area contributed by atoms with Gasteiger partial charge in [-0.3, -0.25) is 0 Å². The fourth-order valence-electron chi connectivity index (χ4n) is 0. The second kappa shape index (κ2) is 29.1. The summed E-state index contributed by atoms with van der Waals surface area (Å²) in [6, 6.07) is 0. The molecule has 0 amide bonds. The summed E-state index contributed by atoms with van der Waals surface area (Å²) in [4.78, 5) is 0. The van der Waals surface area contributed by atoms with Gasteiger partial charge in [-0.15, -0.1) is 0 Å². The minimum atomic E-state index is 0. The first-order valence-electron chi connectivity index (χ1n) is 0. The summed E-state index contributed by atoms with van der Waals surface area (Å²) in [6.45, 7) is 0. The average Bonchev–Trinajstić information content (AvgIpc) is 0. The molecule has 5 heteroatoms. The summed E-state index contributed by atoms with van der Waals surface area (Å²) in [6.07, 6.45) is 0. The number of hydrogen-bond donors (Lipinski definition) is 0. The van der Waals surface area contributed by atoms with Gasteiger partial charge in [0.15, 0.2) is 17.4 Å². The predicted molar refractivity (Wildman–Crippen MR) is 9.94 cm³/mol. The van der Waals surface area contributed by atoms with Gasteiger partial charge in [-0.05, 0) is 0 Å². The van der Waals surface area contributed by atoms with Gasteiger partial charge >= 0.3 is 0 Å². The Labute approximate surface area is 89.1 Å². The van der Waals surface area contributed by atoms with Gasteiger partial charge in [0.1, 0.15) is 0 Å². The largest absolute Gasteiger partial charge is 0.187 e. The molecule has 0 heterocycles. The van der Waals surface area contributed by atoms with Crippen molar-refractivity contribution in [1.82, 2.24) is 0 Å². The van der Waals surface area contributed by atoms with Gasteiger partial charge in [0.25, 0.3) is 0 Å². The summed E-state index contributed by atoms with van der Waals surface area (Å²) >= 11 is 0. The monoisotopic (exact) mass is 314 g/mol. The molecule has 0 aromatic carbocycles. The van der Waals surface area contributed by atoms with Crippen LogP contribution in [0, 0.1) is 0 Å². The Hall–Kier alpha value is 2.81. The fraction of sp³-hybridized carbons (Fsp3) is 0. The minimum absolute atomic E-state index is 0. The van der Waals surface area contributed by atoms with Crippen LogP contribution >= 0.6 is 0 Å². The van der Waals surface area contributed by atoms with E-state index in [1.54, 1.807) is 0 Å². The topological polar surface area (TPSA) is 0 Å². The number of hydrogen-bond acceptors (Lipinski definition) is 0. The first-order chi connectivity index (χ1) is 0. The Balaban J connectivity index is 0. The standard InChI is InChI=1S/Ag.Al.Cu.Fe.Ni.3H. The van der Waals surface area contributed by atoms with Crippen LogP contribution in [0.1, 0.15) is 0 Å². The molecule has 0 saturated heterocycles. The van der Waals surface area contributed by atoms with Gasteiger partial charge in [-0.1, -0.05) is 0 Å².